The number of hydrogen-bond acceptors (Lipinski definition) is 3. The van der Waals surface area contributed by atoms with Crippen LogP contribution in [0.2, 0.25) is 0 Å². The fraction of sp³-hybridized carbons (Fsp3) is 0.250. The molecule has 0 aromatic carbocycles. The van der Waals surface area contributed by atoms with E-state index >= 15 is 0 Å². The number of carboxylic acids is 1. The third kappa shape index (κ3) is 2.80. The minimum absolute atomic E-state index is 0. The first-order chi connectivity index (χ1) is 7.99. The zero-order valence-electron chi connectivity index (χ0n) is 11.9. The molecule has 0 saturated heterocycles. The van der Waals surface area contributed by atoms with Crippen molar-refractivity contribution < 1.29 is 40.9 Å². The van der Waals surface area contributed by atoms with Gasteiger partial charge in [0.15, 0.2) is 5.69 Å². The Morgan fingerprint density at radius 1 is 1.39 bits per heavy atom. The van der Waals surface area contributed by atoms with Crippen LogP contribution in [0.4, 0.5) is 0 Å². The molecule has 2 aromatic rings. The maximum absolute atomic E-state index is 11.2. The smallest absolute Gasteiger partial charge is 1.00 e. The molecule has 0 aliphatic carbocycles. The van der Waals surface area contributed by atoms with Crippen molar-refractivity contribution >= 4 is 5.97 Å². The predicted octanol–water partition coefficient (Wildman–Crippen LogP) is -1.09. The Balaban J connectivity index is 0.00000162. The predicted molar refractivity (Wildman–Crippen MR) is 64.0 cm³/mol. The van der Waals surface area contributed by atoms with Crippen LogP contribution in [0.25, 0.3) is 11.3 Å². The number of nitrogens with zero attached hydrogens (tertiary/aromatic N) is 3. The molecule has 2 aromatic heterocycles. The fourth-order valence-corrected chi connectivity index (χ4v) is 1.86. The van der Waals surface area contributed by atoms with Crippen molar-refractivity contribution in [1.82, 2.24) is 14.8 Å². The third-order valence-electron chi connectivity index (χ3n) is 2.52. The molecule has 0 bridgehead atoms. The first kappa shape index (κ1) is 14.9. The van der Waals surface area contributed by atoms with Gasteiger partial charge in [0.05, 0.1) is 17.5 Å². The van der Waals surface area contributed by atoms with E-state index in [4.69, 9.17) is 5.11 Å². The molecule has 2 heterocycles. The fourth-order valence-electron chi connectivity index (χ4n) is 1.86. The Morgan fingerprint density at radius 2 is 2.06 bits per heavy atom. The molecule has 0 atom stereocenters. The Kier molecular flexibility index (Phi) is 4.67. The number of aromatic nitrogens is 3. The van der Waals surface area contributed by atoms with Gasteiger partial charge in [0.25, 0.3) is 0 Å². The Bertz CT molecular complexity index is 578. The topological polar surface area (TPSA) is 68.0 Å². The SMILES string of the molecule is Cc1cc(C)nc(-c2cnn(C)c2C(=O)O)c1.[H-].[Na+]. The van der Waals surface area contributed by atoms with E-state index < -0.39 is 5.97 Å². The summed E-state index contributed by atoms with van der Waals surface area (Å²) < 4.78 is 1.34. The van der Waals surface area contributed by atoms with Crippen LogP contribution in [0, 0.1) is 13.8 Å². The van der Waals surface area contributed by atoms with Gasteiger partial charge in [0.2, 0.25) is 0 Å². The van der Waals surface area contributed by atoms with E-state index in [9.17, 15) is 4.79 Å². The van der Waals surface area contributed by atoms with Crippen molar-refractivity contribution in [2.45, 2.75) is 13.8 Å². The molecule has 0 spiro atoms. The quantitative estimate of drug-likeness (QED) is 0.693. The second-order valence-electron chi connectivity index (χ2n) is 4.01. The summed E-state index contributed by atoms with van der Waals surface area (Å²) in [5.41, 5.74) is 3.26. The van der Waals surface area contributed by atoms with Gasteiger partial charge < -0.3 is 6.53 Å². The molecule has 5 nitrogen and oxygen atoms in total. The van der Waals surface area contributed by atoms with Gasteiger partial charge in [-0.2, -0.15) is 5.10 Å². The molecule has 0 amide bonds. The molecule has 0 unspecified atom stereocenters. The zero-order chi connectivity index (χ0) is 12.6. The largest absolute Gasteiger partial charge is 1.00 e. The molecule has 2 rings (SSSR count). The van der Waals surface area contributed by atoms with E-state index in [1.807, 2.05) is 26.0 Å². The van der Waals surface area contributed by atoms with Crippen LogP contribution in [0.5, 0.6) is 0 Å². The molecule has 18 heavy (non-hydrogen) atoms. The molecule has 0 aliphatic heterocycles. The van der Waals surface area contributed by atoms with Gasteiger partial charge in [-0.15, -0.1) is 0 Å². The second-order valence-corrected chi connectivity index (χ2v) is 4.01. The van der Waals surface area contributed by atoms with Crippen molar-refractivity contribution in [3.63, 3.8) is 0 Å². The van der Waals surface area contributed by atoms with Gasteiger partial charge in [0.1, 0.15) is 0 Å². The number of rotatable bonds is 2. The molecule has 1 N–H and O–H groups in total. The number of hydrogen-bond donors (Lipinski definition) is 1. The average Bonchev–Trinajstić information content (AvgIpc) is 2.58. The van der Waals surface area contributed by atoms with Crippen molar-refractivity contribution in [1.29, 1.82) is 0 Å². The minimum atomic E-state index is -0.999. The van der Waals surface area contributed by atoms with E-state index in [2.05, 4.69) is 10.1 Å². The first-order valence-corrected chi connectivity index (χ1v) is 5.20. The third-order valence-corrected chi connectivity index (χ3v) is 2.52. The molecule has 0 saturated carbocycles. The van der Waals surface area contributed by atoms with Crippen molar-refractivity contribution in [3.05, 3.63) is 35.3 Å². The summed E-state index contributed by atoms with van der Waals surface area (Å²) in [5.74, 6) is -0.999. The summed E-state index contributed by atoms with van der Waals surface area (Å²) in [6, 6.07) is 3.80. The Morgan fingerprint density at radius 3 is 2.61 bits per heavy atom. The minimum Gasteiger partial charge on any atom is -1.00 e. The van der Waals surface area contributed by atoms with Gasteiger partial charge in [-0.1, -0.05) is 0 Å². The van der Waals surface area contributed by atoms with Gasteiger partial charge in [-0.3, -0.25) is 9.67 Å². The number of aryl methyl sites for hydroxylation is 3. The van der Waals surface area contributed by atoms with E-state index in [1.165, 1.54) is 10.9 Å². The van der Waals surface area contributed by atoms with Crippen LogP contribution in [-0.2, 0) is 7.05 Å². The summed E-state index contributed by atoms with van der Waals surface area (Å²) in [6.45, 7) is 3.84. The van der Waals surface area contributed by atoms with E-state index in [-0.39, 0.29) is 36.7 Å². The maximum atomic E-state index is 11.2. The van der Waals surface area contributed by atoms with E-state index in [0.29, 0.717) is 11.3 Å². The van der Waals surface area contributed by atoms with Gasteiger partial charge in [-0.05, 0) is 31.5 Å². The van der Waals surface area contributed by atoms with Gasteiger partial charge in [-0.25, -0.2) is 4.79 Å². The van der Waals surface area contributed by atoms with Gasteiger partial charge >= 0.3 is 35.5 Å². The zero-order valence-corrected chi connectivity index (χ0v) is 12.9. The number of carbonyl (C=O) groups is 1. The van der Waals surface area contributed by atoms with Crippen molar-refractivity contribution in [2.24, 2.45) is 7.05 Å². The monoisotopic (exact) mass is 255 g/mol. The number of carboxylic acid groups (broad SMARTS) is 1. The van der Waals surface area contributed by atoms with Crippen LogP contribution in [-0.4, -0.2) is 25.8 Å². The number of pyridine rings is 1. The van der Waals surface area contributed by atoms with E-state index in [1.54, 1.807) is 7.05 Å². The standard InChI is InChI=1S/C12H13N3O2.Na.H/c1-7-4-8(2)14-10(5-7)9-6-13-15(3)11(9)12(16)17;;/h4-6H,1-3H3,(H,16,17);;/q;+1;-1. The normalized spacial score (nSPS) is 9.94. The molecule has 6 heteroatoms. The maximum Gasteiger partial charge on any atom is 1.00 e. The molecule has 0 radical (unpaired) electrons. The van der Waals surface area contributed by atoms with Crippen molar-refractivity contribution in [2.75, 3.05) is 0 Å². The van der Waals surface area contributed by atoms with Crippen LogP contribution >= 0.6 is 0 Å². The summed E-state index contributed by atoms with van der Waals surface area (Å²) in [7, 11) is 1.61. The van der Waals surface area contributed by atoms with Gasteiger partial charge in [0, 0.05) is 12.7 Å². The Labute approximate surface area is 129 Å². The molecule has 0 aliphatic rings. The second kappa shape index (κ2) is 5.65. The summed E-state index contributed by atoms with van der Waals surface area (Å²) in [4.78, 5) is 15.5. The first-order valence-electron chi connectivity index (χ1n) is 5.20. The molecule has 0 fully saturated rings. The van der Waals surface area contributed by atoms with E-state index in [0.717, 1.165) is 11.3 Å². The van der Waals surface area contributed by atoms with Crippen LogP contribution in [0.15, 0.2) is 18.3 Å². The molecule has 90 valence electrons. The van der Waals surface area contributed by atoms with Crippen LogP contribution in [0.3, 0.4) is 0 Å². The summed E-state index contributed by atoms with van der Waals surface area (Å²) in [5, 5.41) is 13.1. The number of aromatic carboxylic acids is 1. The summed E-state index contributed by atoms with van der Waals surface area (Å²) in [6.07, 6.45) is 1.53. The summed E-state index contributed by atoms with van der Waals surface area (Å²) >= 11 is 0. The van der Waals surface area contributed by atoms with Crippen LogP contribution in [0.1, 0.15) is 23.2 Å². The Hall–Kier alpha value is -1.17. The molecular formula is C12H14N3NaO2. The molecular weight excluding hydrogens is 241 g/mol. The average molecular weight is 255 g/mol. The van der Waals surface area contributed by atoms with Crippen molar-refractivity contribution in [3.8, 4) is 11.3 Å². The van der Waals surface area contributed by atoms with Crippen LogP contribution < -0.4 is 29.6 Å².